The van der Waals surface area contributed by atoms with Gasteiger partial charge in [-0.3, -0.25) is 10.0 Å². The minimum Gasteiger partial charge on any atom is -0.467 e. The van der Waals surface area contributed by atoms with Crippen LogP contribution in [0.4, 0.5) is 4.79 Å². The van der Waals surface area contributed by atoms with Gasteiger partial charge in [0.1, 0.15) is 11.8 Å². The van der Waals surface area contributed by atoms with Crippen molar-refractivity contribution >= 4 is 11.8 Å². The van der Waals surface area contributed by atoms with Crippen LogP contribution in [0, 0.1) is 0 Å². The molecule has 0 aliphatic carbocycles. The van der Waals surface area contributed by atoms with E-state index in [4.69, 9.17) is 10.2 Å². The summed E-state index contributed by atoms with van der Waals surface area (Å²) in [6.45, 7) is 0. The smallest absolute Gasteiger partial charge is 0.339 e. The average molecular weight is 274 g/mol. The molecule has 104 valence electrons. The molecule has 0 aliphatic heterocycles. The van der Waals surface area contributed by atoms with Gasteiger partial charge in [-0.1, -0.05) is 30.3 Å². The molecule has 0 spiro atoms. The van der Waals surface area contributed by atoms with Crippen molar-refractivity contribution in [1.29, 1.82) is 0 Å². The third kappa shape index (κ3) is 3.04. The van der Waals surface area contributed by atoms with Crippen molar-refractivity contribution in [2.24, 2.45) is 5.73 Å². The van der Waals surface area contributed by atoms with Gasteiger partial charge in [-0.05, 0) is 12.1 Å². The number of nitrogens with zero attached hydrogens (tertiary/aromatic N) is 1. The highest BCUT2D eigenvalue weighted by Crippen LogP contribution is 2.25. The Bertz CT molecular complexity index is 580. The molecule has 0 fully saturated rings. The maximum absolute atomic E-state index is 12.1. The number of carbonyl (C=O) groups is 2. The van der Waals surface area contributed by atoms with E-state index in [1.54, 1.807) is 42.5 Å². The first-order chi connectivity index (χ1) is 9.59. The number of urea groups is 1. The largest absolute Gasteiger partial charge is 0.467 e. The van der Waals surface area contributed by atoms with Crippen LogP contribution in [0.2, 0.25) is 0 Å². The van der Waals surface area contributed by atoms with Crippen molar-refractivity contribution < 1.29 is 19.2 Å². The molecule has 1 atom stereocenters. The number of amides is 2. The van der Waals surface area contributed by atoms with Gasteiger partial charge in [-0.15, -0.1) is 0 Å². The zero-order chi connectivity index (χ0) is 14.5. The van der Waals surface area contributed by atoms with Gasteiger partial charge in [-0.2, -0.15) is 5.06 Å². The number of Topliss-reactive ketones (excluding diaryl/α,β-unsaturated/α-hetero) is 1. The van der Waals surface area contributed by atoms with Crippen LogP contribution in [-0.4, -0.2) is 22.1 Å². The Morgan fingerprint density at radius 2 is 1.90 bits per heavy atom. The van der Waals surface area contributed by atoms with Gasteiger partial charge in [-0.25, -0.2) is 4.79 Å². The summed E-state index contributed by atoms with van der Waals surface area (Å²) < 4.78 is 5.14. The van der Waals surface area contributed by atoms with Gasteiger partial charge in [0.2, 0.25) is 0 Å². The standard InChI is InChI=1S/C14H14N2O4/c15-14(18)16(19)11(13-7-4-8-20-13)9-12(17)10-5-2-1-3-6-10/h1-8,11,19H,9H2,(H2,15,18). The summed E-state index contributed by atoms with van der Waals surface area (Å²) in [5, 5.41) is 10.0. The van der Waals surface area contributed by atoms with Crippen molar-refractivity contribution in [3.8, 4) is 0 Å². The van der Waals surface area contributed by atoms with Crippen LogP contribution >= 0.6 is 0 Å². The molecule has 1 aromatic heterocycles. The highest BCUT2D eigenvalue weighted by atomic mass is 16.5. The van der Waals surface area contributed by atoms with Crippen molar-refractivity contribution in [2.45, 2.75) is 12.5 Å². The van der Waals surface area contributed by atoms with Crippen LogP contribution in [0.1, 0.15) is 28.6 Å². The summed E-state index contributed by atoms with van der Waals surface area (Å²) in [5.41, 5.74) is 5.53. The second kappa shape index (κ2) is 6.03. The predicted octanol–water partition coefficient (Wildman–Crippen LogP) is 2.36. The highest BCUT2D eigenvalue weighted by Gasteiger charge is 2.27. The topological polar surface area (TPSA) is 96.8 Å². The van der Waals surface area contributed by atoms with Crippen LogP contribution in [0.25, 0.3) is 0 Å². The fraction of sp³-hybridized carbons (Fsp3) is 0.143. The summed E-state index contributed by atoms with van der Waals surface area (Å²) in [6.07, 6.45) is 1.27. The number of nitrogens with two attached hydrogens (primary N) is 1. The lowest BCUT2D eigenvalue weighted by Gasteiger charge is -2.22. The second-order valence-corrected chi connectivity index (χ2v) is 4.21. The fourth-order valence-corrected chi connectivity index (χ4v) is 1.86. The minimum absolute atomic E-state index is 0.128. The maximum Gasteiger partial charge on any atom is 0.339 e. The number of hydrogen-bond donors (Lipinski definition) is 2. The second-order valence-electron chi connectivity index (χ2n) is 4.21. The minimum atomic E-state index is -1.05. The van der Waals surface area contributed by atoms with Gasteiger partial charge in [0.25, 0.3) is 0 Å². The molecule has 2 aromatic rings. The number of rotatable bonds is 5. The molecular weight excluding hydrogens is 260 g/mol. The van der Waals surface area contributed by atoms with E-state index in [1.165, 1.54) is 6.26 Å². The zero-order valence-corrected chi connectivity index (χ0v) is 10.6. The normalized spacial score (nSPS) is 11.8. The predicted molar refractivity (Wildman–Crippen MR) is 70.0 cm³/mol. The number of furan rings is 1. The Hall–Kier alpha value is -2.60. The van der Waals surface area contributed by atoms with Gasteiger partial charge < -0.3 is 10.2 Å². The Labute approximate surface area is 115 Å². The first kappa shape index (κ1) is 13.8. The lowest BCUT2D eigenvalue weighted by molar-refractivity contribution is -0.0815. The summed E-state index contributed by atoms with van der Waals surface area (Å²) >= 11 is 0. The number of carbonyl (C=O) groups excluding carboxylic acids is 2. The van der Waals surface area contributed by atoms with Crippen LogP contribution < -0.4 is 5.73 Å². The molecule has 0 aliphatic rings. The monoisotopic (exact) mass is 274 g/mol. The Balaban J connectivity index is 2.21. The van der Waals surface area contributed by atoms with Crippen LogP contribution in [0.5, 0.6) is 0 Å². The van der Waals surface area contributed by atoms with E-state index >= 15 is 0 Å². The molecule has 0 saturated carbocycles. The lowest BCUT2D eigenvalue weighted by atomic mass is 10.0. The van der Waals surface area contributed by atoms with Crippen molar-refractivity contribution in [1.82, 2.24) is 5.06 Å². The average Bonchev–Trinajstić information content (AvgIpc) is 2.98. The Kier molecular flexibility index (Phi) is 4.17. The van der Waals surface area contributed by atoms with E-state index in [0.29, 0.717) is 10.6 Å². The molecular formula is C14H14N2O4. The molecule has 3 N–H and O–H groups in total. The molecule has 1 heterocycles. The number of benzene rings is 1. The van der Waals surface area contributed by atoms with Crippen LogP contribution in [0.15, 0.2) is 53.1 Å². The van der Waals surface area contributed by atoms with E-state index in [0.717, 1.165) is 0 Å². The molecule has 6 nitrogen and oxygen atoms in total. The molecule has 1 unspecified atom stereocenters. The lowest BCUT2D eigenvalue weighted by Crippen LogP contribution is -2.37. The number of primary amides is 1. The van der Waals surface area contributed by atoms with Gasteiger partial charge in [0.15, 0.2) is 5.78 Å². The quantitative estimate of drug-likeness (QED) is 0.497. The van der Waals surface area contributed by atoms with Crippen molar-refractivity contribution in [3.63, 3.8) is 0 Å². The molecule has 1 aromatic carbocycles. The molecule has 0 bridgehead atoms. The molecule has 6 heteroatoms. The third-order valence-electron chi connectivity index (χ3n) is 2.87. The molecule has 0 radical (unpaired) electrons. The third-order valence-corrected chi connectivity index (χ3v) is 2.87. The molecule has 2 rings (SSSR count). The van der Waals surface area contributed by atoms with Gasteiger partial charge in [0.05, 0.1) is 6.26 Å². The van der Waals surface area contributed by atoms with E-state index in [2.05, 4.69) is 0 Å². The summed E-state index contributed by atoms with van der Waals surface area (Å²) in [5.74, 6) is 0.0582. The fourth-order valence-electron chi connectivity index (χ4n) is 1.86. The van der Waals surface area contributed by atoms with Crippen LogP contribution in [-0.2, 0) is 0 Å². The Morgan fingerprint density at radius 3 is 2.45 bits per heavy atom. The first-order valence-electron chi connectivity index (χ1n) is 5.99. The van der Waals surface area contributed by atoms with Crippen LogP contribution in [0.3, 0.4) is 0 Å². The first-order valence-corrected chi connectivity index (χ1v) is 5.99. The summed E-state index contributed by atoms with van der Waals surface area (Å²) in [6, 6.07) is 9.75. The molecule has 2 amide bonds. The number of hydroxylamine groups is 2. The van der Waals surface area contributed by atoms with Gasteiger partial charge in [0, 0.05) is 12.0 Å². The molecule has 20 heavy (non-hydrogen) atoms. The molecule has 0 saturated heterocycles. The highest BCUT2D eigenvalue weighted by molar-refractivity contribution is 5.96. The van der Waals surface area contributed by atoms with E-state index in [-0.39, 0.29) is 18.0 Å². The van der Waals surface area contributed by atoms with Crippen molar-refractivity contribution in [2.75, 3.05) is 0 Å². The van der Waals surface area contributed by atoms with E-state index in [1.807, 2.05) is 0 Å². The number of ketones is 1. The number of hydrogen-bond acceptors (Lipinski definition) is 4. The summed E-state index contributed by atoms with van der Waals surface area (Å²) in [4.78, 5) is 23.2. The summed E-state index contributed by atoms with van der Waals surface area (Å²) in [7, 11) is 0. The SMILES string of the molecule is NC(=O)N(O)C(CC(=O)c1ccccc1)c1ccco1. The zero-order valence-electron chi connectivity index (χ0n) is 10.6. The Morgan fingerprint density at radius 1 is 1.20 bits per heavy atom. The van der Waals surface area contributed by atoms with E-state index < -0.39 is 12.1 Å². The van der Waals surface area contributed by atoms with Gasteiger partial charge >= 0.3 is 6.03 Å². The maximum atomic E-state index is 12.1. The van der Waals surface area contributed by atoms with Crippen molar-refractivity contribution in [3.05, 3.63) is 60.1 Å². The van der Waals surface area contributed by atoms with E-state index in [9.17, 15) is 14.8 Å².